The average Bonchev–Trinajstić information content (AvgIpc) is 3.25. The zero-order valence-electron chi connectivity index (χ0n) is 13.1. The van der Waals surface area contributed by atoms with Crippen molar-refractivity contribution in [1.82, 2.24) is 5.32 Å². The third kappa shape index (κ3) is 3.50. The van der Waals surface area contributed by atoms with Crippen molar-refractivity contribution in [2.45, 2.75) is 38.3 Å². The van der Waals surface area contributed by atoms with Gasteiger partial charge in [-0.05, 0) is 50.5 Å². The van der Waals surface area contributed by atoms with Crippen molar-refractivity contribution in [3.8, 4) is 0 Å². The molecule has 0 saturated heterocycles. The van der Waals surface area contributed by atoms with Crippen molar-refractivity contribution in [3.05, 3.63) is 34.3 Å². The summed E-state index contributed by atoms with van der Waals surface area (Å²) >= 11 is 6.01. The first-order valence-electron chi connectivity index (χ1n) is 7.29. The predicted molar refractivity (Wildman–Crippen MR) is 81.8 cm³/mol. The Morgan fingerprint density at radius 3 is 2.33 bits per heavy atom. The maximum Gasteiger partial charge on any atom is 0.416 e. The number of carbonyl (C=O) groups is 2. The molecule has 2 rings (SSSR count). The highest BCUT2D eigenvalue weighted by Crippen LogP contribution is 2.51. The number of halogens is 4. The third-order valence-electron chi connectivity index (χ3n) is 4.26. The molecular formula is C16H17ClF3NO3. The lowest BCUT2D eigenvalue weighted by Crippen LogP contribution is -2.43. The molecule has 0 radical (unpaired) electrons. The van der Waals surface area contributed by atoms with Crippen LogP contribution < -0.4 is 5.32 Å². The molecule has 132 valence electrons. The quantitative estimate of drug-likeness (QED) is 0.839. The SMILES string of the molecule is CC(C)(CNC(=O)C1(c2cc(C(F)(F)F)ccc2Cl)CC1)C(=O)O. The standard InChI is InChI=1S/C16H17ClF3NO3/c1-14(2,13(23)24)8-21-12(22)15(5-6-15)10-7-9(16(18,19)20)3-4-11(10)17/h3-4,7H,5-6,8H2,1-2H3,(H,21,22)(H,23,24). The summed E-state index contributed by atoms with van der Waals surface area (Å²) in [6.45, 7) is 2.78. The van der Waals surface area contributed by atoms with Gasteiger partial charge in [0.1, 0.15) is 0 Å². The number of amides is 1. The molecule has 24 heavy (non-hydrogen) atoms. The molecular weight excluding hydrogens is 347 g/mol. The van der Waals surface area contributed by atoms with Gasteiger partial charge in [0, 0.05) is 11.6 Å². The van der Waals surface area contributed by atoms with E-state index in [-0.39, 0.29) is 17.1 Å². The maximum absolute atomic E-state index is 12.9. The van der Waals surface area contributed by atoms with Crippen LogP contribution in [0.25, 0.3) is 0 Å². The molecule has 1 aliphatic carbocycles. The van der Waals surface area contributed by atoms with Gasteiger partial charge in [0.25, 0.3) is 0 Å². The summed E-state index contributed by atoms with van der Waals surface area (Å²) in [5.74, 6) is -1.58. The fraction of sp³-hybridized carbons (Fsp3) is 0.500. The van der Waals surface area contributed by atoms with Gasteiger partial charge in [0.05, 0.1) is 16.4 Å². The van der Waals surface area contributed by atoms with Gasteiger partial charge in [-0.1, -0.05) is 11.6 Å². The van der Waals surface area contributed by atoms with Crippen LogP contribution in [-0.2, 0) is 21.2 Å². The number of hydrogen-bond donors (Lipinski definition) is 2. The minimum absolute atomic E-state index is 0.0909. The van der Waals surface area contributed by atoms with Gasteiger partial charge in [0.15, 0.2) is 0 Å². The second-order valence-electron chi connectivity index (χ2n) is 6.65. The molecule has 0 spiro atoms. The van der Waals surface area contributed by atoms with E-state index in [1.54, 1.807) is 0 Å². The van der Waals surface area contributed by atoms with E-state index < -0.39 is 34.4 Å². The van der Waals surface area contributed by atoms with Crippen molar-refractivity contribution in [3.63, 3.8) is 0 Å². The van der Waals surface area contributed by atoms with Crippen molar-refractivity contribution < 1.29 is 27.9 Å². The van der Waals surface area contributed by atoms with Crippen molar-refractivity contribution >= 4 is 23.5 Å². The molecule has 4 nitrogen and oxygen atoms in total. The van der Waals surface area contributed by atoms with E-state index >= 15 is 0 Å². The van der Waals surface area contributed by atoms with Crippen LogP contribution in [0.3, 0.4) is 0 Å². The molecule has 0 aliphatic heterocycles. The minimum Gasteiger partial charge on any atom is -0.481 e. The van der Waals surface area contributed by atoms with Crippen LogP contribution in [0.15, 0.2) is 18.2 Å². The highest BCUT2D eigenvalue weighted by molar-refractivity contribution is 6.32. The second-order valence-corrected chi connectivity index (χ2v) is 7.05. The summed E-state index contributed by atoms with van der Waals surface area (Å²) < 4.78 is 38.7. The molecule has 1 aromatic carbocycles. The molecule has 1 aliphatic rings. The summed E-state index contributed by atoms with van der Waals surface area (Å²) in [6, 6.07) is 2.90. The zero-order chi connectivity index (χ0) is 18.3. The van der Waals surface area contributed by atoms with Gasteiger partial charge in [-0.15, -0.1) is 0 Å². The second kappa shape index (κ2) is 5.95. The monoisotopic (exact) mass is 363 g/mol. The molecule has 1 aromatic rings. The number of hydrogen-bond acceptors (Lipinski definition) is 2. The molecule has 8 heteroatoms. The lowest BCUT2D eigenvalue weighted by molar-refractivity contribution is -0.147. The Balaban J connectivity index is 2.25. The van der Waals surface area contributed by atoms with Crippen LogP contribution in [-0.4, -0.2) is 23.5 Å². The number of carboxylic acid groups (broad SMARTS) is 1. The van der Waals surface area contributed by atoms with Crippen molar-refractivity contribution in [2.75, 3.05) is 6.54 Å². The smallest absolute Gasteiger partial charge is 0.416 e. The molecule has 0 atom stereocenters. The zero-order valence-corrected chi connectivity index (χ0v) is 13.9. The first-order valence-corrected chi connectivity index (χ1v) is 7.67. The summed E-state index contributed by atoms with van der Waals surface area (Å²) in [7, 11) is 0. The van der Waals surface area contributed by atoms with E-state index in [4.69, 9.17) is 16.7 Å². The van der Waals surface area contributed by atoms with Gasteiger partial charge in [-0.2, -0.15) is 13.2 Å². The molecule has 0 bridgehead atoms. The number of rotatable bonds is 5. The number of carbonyl (C=O) groups excluding carboxylic acids is 1. The fourth-order valence-electron chi connectivity index (χ4n) is 2.36. The highest BCUT2D eigenvalue weighted by Gasteiger charge is 2.53. The van der Waals surface area contributed by atoms with Crippen LogP contribution in [0.2, 0.25) is 5.02 Å². The first kappa shape index (κ1) is 18.6. The number of carboxylic acids is 1. The van der Waals surface area contributed by atoms with Gasteiger partial charge in [-0.3, -0.25) is 9.59 Å². The first-order chi connectivity index (χ1) is 10.9. The Kier molecular flexibility index (Phi) is 4.61. The molecule has 2 N–H and O–H groups in total. The van der Waals surface area contributed by atoms with E-state index in [0.717, 1.165) is 18.2 Å². The Labute approximate surface area is 142 Å². The Morgan fingerprint density at radius 2 is 1.88 bits per heavy atom. The normalized spacial score (nSPS) is 16.6. The third-order valence-corrected chi connectivity index (χ3v) is 4.59. The molecule has 0 aromatic heterocycles. The Hall–Kier alpha value is -1.76. The van der Waals surface area contributed by atoms with E-state index in [1.165, 1.54) is 13.8 Å². The van der Waals surface area contributed by atoms with Gasteiger partial charge in [0.2, 0.25) is 5.91 Å². The lowest BCUT2D eigenvalue weighted by Gasteiger charge is -2.23. The molecule has 0 heterocycles. The highest BCUT2D eigenvalue weighted by atomic mass is 35.5. The van der Waals surface area contributed by atoms with E-state index in [2.05, 4.69) is 5.32 Å². The van der Waals surface area contributed by atoms with E-state index in [1.807, 2.05) is 0 Å². The number of aliphatic carboxylic acids is 1. The summed E-state index contributed by atoms with van der Waals surface area (Å²) in [5, 5.41) is 11.7. The Bertz CT molecular complexity index is 682. The largest absolute Gasteiger partial charge is 0.481 e. The van der Waals surface area contributed by atoms with Crippen molar-refractivity contribution in [2.24, 2.45) is 5.41 Å². The van der Waals surface area contributed by atoms with Crippen molar-refractivity contribution in [1.29, 1.82) is 0 Å². The summed E-state index contributed by atoms with van der Waals surface area (Å²) in [6.07, 6.45) is -3.79. The van der Waals surface area contributed by atoms with Crippen LogP contribution in [0, 0.1) is 5.41 Å². The van der Waals surface area contributed by atoms with Gasteiger partial charge in [-0.25, -0.2) is 0 Å². The average molecular weight is 364 g/mol. The van der Waals surface area contributed by atoms with Crippen LogP contribution in [0.1, 0.15) is 37.8 Å². The number of alkyl halides is 3. The molecule has 1 amide bonds. The van der Waals surface area contributed by atoms with Crippen LogP contribution in [0.4, 0.5) is 13.2 Å². The van der Waals surface area contributed by atoms with Gasteiger partial charge < -0.3 is 10.4 Å². The number of benzene rings is 1. The predicted octanol–water partition coefficient (Wildman–Crippen LogP) is 3.62. The van der Waals surface area contributed by atoms with Crippen LogP contribution in [0.5, 0.6) is 0 Å². The minimum atomic E-state index is -4.53. The fourth-order valence-corrected chi connectivity index (χ4v) is 2.66. The maximum atomic E-state index is 12.9. The molecule has 1 saturated carbocycles. The summed E-state index contributed by atoms with van der Waals surface area (Å²) in [5.41, 5.74) is -3.03. The summed E-state index contributed by atoms with van der Waals surface area (Å²) in [4.78, 5) is 23.5. The Morgan fingerprint density at radius 1 is 1.29 bits per heavy atom. The van der Waals surface area contributed by atoms with Gasteiger partial charge >= 0.3 is 12.1 Å². The molecule has 1 fully saturated rings. The lowest BCUT2D eigenvalue weighted by atomic mass is 9.90. The van der Waals surface area contributed by atoms with E-state index in [0.29, 0.717) is 12.8 Å². The molecule has 0 unspecified atom stereocenters. The van der Waals surface area contributed by atoms with E-state index in [9.17, 15) is 22.8 Å². The topological polar surface area (TPSA) is 66.4 Å². The number of nitrogens with one attached hydrogen (secondary N) is 1. The van der Waals surface area contributed by atoms with Crippen LogP contribution >= 0.6 is 11.6 Å².